The van der Waals surface area contributed by atoms with Crippen LogP contribution in [-0.2, 0) is 11.8 Å². The maximum Gasteiger partial charge on any atom is 0.131 e. The molecule has 3 heteroatoms. The van der Waals surface area contributed by atoms with E-state index >= 15 is 0 Å². The van der Waals surface area contributed by atoms with Gasteiger partial charge in [-0.2, -0.15) is 0 Å². The second-order valence-corrected chi connectivity index (χ2v) is 12.0. The van der Waals surface area contributed by atoms with Gasteiger partial charge >= 0.3 is 0 Å². The van der Waals surface area contributed by atoms with Crippen LogP contribution in [0.3, 0.4) is 0 Å². The summed E-state index contributed by atoms with van der Waals surface area (Å²) in [6, 6.07) is 39.4. The van der Waals surface area contributed by atoms with E-state index in [1.165, 1.54) is 49.7 Å². The molecule has 0 radical (unpaired) electrons. The van der Waals surface area contributed by atoms with Gasteiger partial charge in [0.1, 0.15) is 11.5 Å². The number of benzene rings is 5. The number of aromatic nitrogens is 2. The van der Waals surface area contributed by atoms with Gasteiger partial charge in [0.15, 0.2) is 0 Å². The van der Waals surface area contributed by atoms with Crippen LogP contribution in [0.2, 0.25) is 0 Å². The predicted molar refractivity (Wildman–Crippen MR) is 171 cm³/mol. The molecule has 0 N–H and O–H groups in total. The van der Waals surface area contributed by atoms with Gasteiger partial charge in [-0.05, 0) is 57.6 Å². The van der Waals surface area contributed by atoms with Crippen LogP contribution in [0.1, 0.15) is 36.1 Å². The third kappa shape index (κ3) is 3.14. The third-order valence-corrected chi connectivity index (χ3v) is 9.37. The Morgan fingerprint density at radius 3 is 2.40 bits per heavy atom. The van der Waals surface area contributed by atoms with Crippen LogP contribution in [0.4, 0.5) is 0 Å². The Morgan fingerprint density at radius 2 is 1.48 bits per heavy atom. The molecule has 0 saturated carbocycles. The number of nitrogens with zero attached hydrogens (tertiary/aromatic N) is 2. The lowest BCUT2D eigenvalue weighted by molar-refractivity contribution is 0.460. The summed E-state index contributed by atoms with van der Waals surface area (Å²) >= 11 is 0. The number of pyridine rings is 1. The van der Waals surface area contributed by atoms with Crippen molar-refractivity contribution in [3.63, 3.8) is 0 Å². The fourth-order valence-corrected chi connectivity index (χ4v) is 7.34. The van der Waals surface area contributed by atoms with Gasteiger partial charge in [-0.1, -0.05) is 98.8 Å². The summed E-state index contributed by atoms with van der Waals surface area (Å²) in [6.07, 6.45) is 4.80. The van der Waals surface area contributed by atoms with Crippen molar-refractivity contribution in [3.05, 3.63) is 144 Å². The Balaban J connectivity index is 1.33. The Labute approximate surface area is 244 Å². The Hall–Kier alpha value is -5.15. The quantitative estimate of drug-likeness (QED) is 0.218. The van der Waals surface area contributed by atoms with Crippen molar-refractivity contribution in [1.82, 2.24) is 9.55 Å². The Morgan fingerprint density at radius 1 is 0.690 bits per heavy atom. The largest absolute Gasteiger partial charge is 0.457 e. The van der Waals surface area contributed by atoms with E-state index in [9.17, 15) is 0 Å². The van der Waals surface area contributed by atoms with Crippen LogP contribution in [0.15, 0.2) is 122 Å². The zero-order valence-corrected chi connectivity index (χ0v) is 23.6. The molecule has 9 rings (SSSR count). The van der Waals surface area contributed by atoms with Crippen molar-refractivity contribution in [3.8, 4) is 39.4 Å². The number of fused-ring (bicyclic) bond motifs is 9. The molecule has 0 atom stereocenters. The molecule has 2 aromatic heterocycles. The van der Waals surface area contributed by atoms with E-state index in [0.717, 1.165) is 40.3 Å². The molecule has 2 aliphatic rings. The molecule has 3 nitrogen and oxygen atoms in total. The van der Waals surface area contributed by atoms with E-state index in [1.807, 2.05) is 18.5 Å². The lowest BCUT2D eigenvalue weighted by Crippen LogP contribution is -2.14. The van der Waals surface area contributed by atoms with Gasteiger partial charge < -0.3 is 9.30 Å². The highest BCUT2D eigenvalue weighted by molar-refractivity contribution is 6.15. The highest BCUT2D eigenvalue weighted by atomic mass is 16.5. The molecular weight excluding hydrogens is 512 g/mol. The zero-order chi connectivity index (χ0) is 28.0. The summed E-state index contributed by atoms with van der Waals surface area (Å²) in [5, 5.41) is 2.46. The fourth-order valence-electron chi connectivity index (χ4n) is 7.34. The van der Waals surface area contributed by atoms with Gasteiger partial charge in [0.2, 0.25) is 0 Å². The van der Waals surface area contributed by atoms with Crippen LogP contribution in [-0.4, -0.2) is 9.55 Å². The average Bonchev–Trinajstić information content (AvgIpc) is 3.49. The highest BCUT2D eigenvalue weighted by Gasteiger charge is 2.37. The summed E-state index contributed by atoms with van der Waals surface area (Å²) in [5.41, 5.74) is 13.5. The predicted octanol–water partition coefficient (Wildman–Crippen LogP) is 9.85. The third-order valence-electron chi connectivity index (χ3n) is 9.37. The lowest BCUT2D eigenvalue weighted by Gasteiger charge is -2.22. The first-order valence-corrected chi connectivity index (χ1v) is 14.6. The van der Waals surface area contributed by atoms with Crippen molar-refractivity contribution < 1.29 is 4.74 Å². The highest BCUT2D eigenvalue weighted by Crippen LogP contribution is 2.53. The van der Waals surface area contributed by atoms with E-state index in [0.29, 0.717) is 0 Å². The van der Waals surface area contributed by atoms with E-state index in [-0.39, 0.29) is 5.41 Å². The second-order valence-electron chi connectivity index (χ2n) is 12.0. The summed E-state index contributed by atoms with van der Waals surface area (Å²) < 4.78 is 8.86. The van der Waals surface area contributed by atoms with Gasteiger partial charge in [-0.25, -0.2) is 0 Å². The van der Waals surface area contributed by atoms with Crippen molar-refractivity contribution in [2.24, 2.45) is 0 Å². The van der Waals surface area contributed by atoms with Gasteiger partial charge in [-0.3, -0.25) is 4.98 Å². The minimum absolute atomic E-state index is 0.0781. The van der Waals surface area contributed by atoms with Crippen molar-refractivity contribution >= 4 is 21.8 Å². The van der Waals surface area contributed by atoms with E-state index in [1.54, 1.807) is 0 Å². The van der Waals surface area contributed by atoms with Crippen LogP contribution < -0.4 is 4.74 Å². The van der Waals surface area contributed by atoms with Crippen molar-refractivity contribution in [2.45, 2.75) is 25.7 Å². The van der Waals surface area contributed by atoms with E-state index < -0.39 is 0 Å². The summed E-state index contributed by atoms with van der Waals surface area (Å²) in [7, 11) is 0. The van der Waals surface area contributed by atoms with Gasteiger partial charge in [-0.15, -0.1) is 0 Å². The molecule has 0 saturated heterocycles. The number of para-hydroxylation sites is 2. The molecular formula is C39H28N2O. The second kappa shape index (κ2) is 8.43. The number of ether oxygens (including phenoxy) is 1. The van der Waals surface area contributed by atoms with Crippen LogP contribution in [0.25, 0.3) is 49.7 Å². The molecule has 7 aromatic rings. The summed E-state index contributed by atoms with van der Waals surface area (Å²) in [4.78, 5) is 4.60. The van der Waals surface area contributed by atoms with E-state index in [2.05, 4.69) is 127 Å². The minimum atomic E-state index is -0.0781. The van der Waals surface area contributed by atoms with Crippen LogP contribution in [0, 0.1) is 0 Å². The average molecular weight is 541 g/mol. The molecule has 1 aliphatic heterocycles. The summed E-state index contributed by atoms with van der Waals surface area (Å²) in [5.74, 6) is 1.88. The SMILES string of the molecule is CC1(C)c2ccccc2-c2c1ccc1c3ccncc3n(-c3ccccc3-c3ccc4c(c3)Oc3ccccc3C4)c21. The van der Waals surface area contributed by atoms with Crippen molar-refractivity contribution in [2.75, 3.05) is 0 Å². The Bertz CT molecular complexity index is 2240. The standard InChI is InChI=1S/C39H28N2O/c1-39(2)31-12-6-4-11-30(31)37-32(39)18-17-29-28-19-20-40-23-34(28)41(38(29)37)33-13-7-5-10-27(33)24-15-16-26-21-25-9-3-8-14-35(25)42-36(26)22-24/h3-20,22-23H,21H2,1-2H3. The van der Waals surface area contributed by atoms with Crippen LogP contribution in [0.5, 0.6) is 11.5 Å². The normalized spacial score (nSPS) is 14.2. The topological polar surface area (TPSA) is 27.1 Å². The molecule has 1 aliphatic carbocycles. The maximum atomic E-state index is 6.42. The van der Waals surface area contributed by atoms with Gasteiger partial charge in [0.25, 0.3) is 0 Å². The molecule has 0 amide bonds. The summed E-state index contributed by atoms with van der Waals surface area (Å²) in [6.45, 7) is 4.69. The monoisotopic (exact) mass is 540 g/mol. The minimum Gasteiger partial charge on any atom is -0.457 e. The van der Waals surface area contributed by atoms with Crippen molar-refractivity contribution in [1.29, 1.82) is 0 Å². The van der Waals surface area contributed by atoms with Crippen LogP contribution >= 0.6 is 0 Å². The zero-order valence-electron chi connectivity index (χ0n) is 23.6. The number of hydrogen-bond donors (Lipinski definition) is 0. The smallest absolute Gasteiger partial charge is 0.131 e. The molecule has 0 unspecified atom stereocenters. The first-order chi connectivity index (χ1) is 20.6. The maximum absolute atomic E-state index is 6.42. The van der Waals surface area contributed by atoms with Gasteiger partial charge in [0.05, 0.1) is 22.9 Å². The first-order valence-electron chi connectivity index (χ1n) is 14.6. The molecule has 0 spiro atoms. The number of rotatable bonds is 2. The molecule has 0 fully saturated rings. The molecule has 42 heavy (non-hydrogen) atoms. The molecule has 3 heterocycles. The molecule has 0 bridgehead atoms. The Kier molecular flexibility index (Phi) is 4.73. The van der Waals surface area contributed by atoms with Gasteiger partial charge in [0, 0.05) is 39.9 Å². The molecule has 200 valence electrons. The van der Waals surface area contributed by atoms with E-state index in [4.69, 9.17) is 4.74 Å². The fraction of sp³-hybridized carbons (Fsp3) is 0.103. The lowest BCUT2D eigenvalue weighted by atomic mass is 9.82. The number of hydrogen-bond acceptors (Lipinski definition) is 2. The molecule has 5 aromatic carbocycles. The first kappa shape index (κ1) is 23.5.